The Morgan fingerprint density at radius 1 is 1.48 bits per heavy atom. The maximum Gasteiger partial charge on any atom is 0.331 e. The Morgan fingerprint density at radius 3 is 3.00 bits per heavy atom. The minimum atomic E-state index is -0.587. The molecule has 0 spiro atoms. The van der Waals surface area contributed by atoms with Gasteiger partial charge in [0.15, 0.2) is 6.61 Å². The van der Waals surface area contributed by atoms with Crippen molar-refractivity contribution in [2.24, 2.45) is 0 Å². The van der Waals surface area contributed by atoms with Gasteiger partial charge in [-0.1, -0.05) is 0 Å². The monoisotopic (exact) mass is 293 g/mol. The van der Waals surface area contributed by atoms with E-state index in [0.29, 0.717) is 12.3 Å². The molecule has 21 heavy (non-hydrogen) atoms. The van der Waals surface area contributed by atoms with Gasteiger partial charge in [0.1, 0.15) is 11.5 Å². The number of carbonyl (C=O) groups excluding carboxylic acids is 2. The van der Waals surface area contributed by atoms with E-state index in [9.17, 15) is 9.59 Å². The summed E-state index contributed by atoms with van der Waals surface area (Å²) in [5.41, 5.74) is 0. The largest absolute Gasteiger partial charge is 0.462 e. The smallest absolute Gasteiger partial charge is 0.331 e. The highest BCUT2D eigenvalue weighted by atomic mass is 16.5. The van der Waals surface area contributed by atoms with Crippen LogP contribution in [-0.2, 0) is 19.1 Å². The van der Waals surface area contributed by atoms with Crippen molar-refractivity contribution in [3.8, 4) is 0 Å². The van der Waals surface area contributed by atoms with E-state index in [1.165, 1.54) is 12.2 Å². The van der Waals surface area contributed by atoms with Gasteiger partial charge in [-0.05, 0) is 38.0 Å². The fourth-order valence-corrected chi connectivity index (χ4v) is 1.96. The molecule has 6 heteroatoms. The lowest BCUT2D eigenvalue weighted by Gasteiger charge is -2.10. The van der Waals surface area contributed by atoms with Crippen molar-refractivity contribution in [3.05, 3.63) is 29.7 Å². The molecule has 1 aromatic rings. The fraction of sp³-hybridized carbons (Fsp3) is 0.467. The lowest BCUT2D eigenvalue weighted by Crippen LogP contribution is -2.34. The van der Waals surface area contributed by atoms with Crippen molar-refractivity contribution in [2.45, 2.75) is 25.9 Å². The summed E-state index contributed by atoms with van der Waals surface area (Å²) in [5.74, 6) is 0.404. The summed E-state index contributed by atoms with van der Waals surface area (Å²) >= 11 is 0. The van der Waals surface area contributed by atoms with Gasteiger partial charge in [0.25, 0.3) is 5.91 Å². The molecule has 1 atom stereocenters. The molecular weight excluding hydrogens is 274 g/mol. The van der Waals surface area contributed by atoms with E-state index in [1.807, 2.05) is 6.92 Å². The van der Waals surface area contributed by atoms with Gasteiger partial charge in [0.05, 0.1) is 6.10 Å². The number of rotatable bonds is 6. The highest BCUT2D eigenvalue weighted by molar-refractivity contribution is 5.88. The number of amides is 1. The molecule has 114 valence electrons. The molecule has 0 aliphatic carbocycles. The highest BCUT2D eigenvalue weighted by Gasteiger charge is 2.16. The van der Waals surface area contributed by atoms with Crippen molar-refractivity contribution in [2.75, 3.05) is 19.8 Å². The summed E-state index contributed by atoms with van der Waals surface area (Å²) in [6.07, 6.45) is 4.77. The van der Waals surface area contributed by atoms with Crippen molar-refractivity contribution in [3.63, 3.8) is 0 Å². The van der Waals surface area contributed by atoms with Crippen LogP contribution in [0.15, 0.2) is 22.6 Å². The normalized spacial score (nSPS) is 18.0. The SMILES string of the molecule is Cc1ccc(/C=C/C(=O)OCC(=O)NC[C@@H]2CCCO2)o1. The van der Waals surface area contributed by atoms with Crippen molar-refractivity contribution in [1.82, 2.24) is 5.32 Å². The quantitative estimate of drug-likeness (QED) is 0.634. The van der Waals surface area contributed by atoms with Crippen LogP contribution in [-0.4, -0.2) is 37.7 Å². The van der Waals surface area contributed by atoms with Gasteiger partial charge in [-0.25, -0.2) is 4.79 Å². The summed E-state index contributed by atoms with van der Waals surface area (Å²) < 4.78 is 15.5. The Kier molecular flexibility index (Phi) is 5.57. The first-order chi connectivity index (χ1) is 10.1. The van der Waals surface area contributed by atoms with Crippen LogP contribution in [0.25, 0.3) is 6.08 Å². The number of hydrogen-bond donors (Lipinski definition) is 1. The van der Waals surface area contributed by atoms with E-state index in [-0.39, 0.29) is 18.6 Å². The lowest BCUT2D eigenvalue weighted by atomic mass is 10.2. The molecule has 0 unspecified atom stereocenters. The number of furan rings is 1. The Labute approximate surface area is 123 Å². The van der Waals surface area contributed by atoms with Gasteiger partial charge in [0, 0.05) is 19.2 Å². The van der Waals surface area contributed by atoms with Gasteiger partial charge in [-0.15, -0.1) is 0 Å². The third kappa shape index (κ3) is 5.43. The second kappa shape index (κ2) is 7.64. The summed E-state index contributed by atoms with van der Waals surface area (Å²) in [4.78, 5) is 22.9. The van der Waals surface area contributed by atoms with Crippen LogP contribution in [0.4, 0.5) is 0 Å². The number of aryl methyl sites for hydroxylation is 1. The molecule has 0 bridgehead atoms. The van der Waals surface area contributed by atoms with Crippen LogP contribution in [0, 0.1) is 6.92 Å². The van der Waals surface area contributed by atoms with Crippen LogP contribution >= 0.6 is 0 Å². The lowest BCUT2D eigenvalue weighted by molar-refractivity contribution is -0.143. The number of ether oxygens (including phenoxy) is 2. The van der Waals surface area contributed by atoms with Gasteiger partial charge in [-0.2, -0.15) is 0 Å². The van der Waals surface area contributed by atoms with E-state index in [2.05, 4.69) is 5.32 Å². The summed E-state index contributed by atoms with van der Waals surface area (Å²) in [7, 11) is 0. The minimum absolute atomic E-state index is 0.0757. The molecule has 1 aliphatic heterocycles. The Hall–Kier alpha value is -2.08. The Bertz CT molecular complexity index is 514. The predicted octanol–water partition coefficient (Wildman–Crippen LogP) is 1.44. The van der Waals surface area contributed by atoms with E-state index < -0.39 is 5.97 Å². The third-order valence-corrected chi connectivity index (χ3v) is 3.04. The first-order valence-electron chi connectivity index (χ1n) is 6.93. The molecule has 1 fully saturated rings. The van der Waals surface area contributed by atoms with Gasteiger partial charge in [-0.3, -0.25) is 4.79 Å². The fourth-order valence-electron chi connectivity index (χ4n) is 1.96. The molecule has 2 rings (SSSR count). The standard InChI is InChI=1S/C15H19NO5/c1-11-4-5-12(21-11)6-7-15(18)20-10-14(17)16-9-13-3-2-8-19-13/h4-7,13H,2-3,8-10H2,1H3,(H,16,17)/b7-6+/t13-/m0/s1. The molecule has 6 nitrogen and oxygen atoms in total. The second-order valence-electron chi connectivity index (χ2n) is 4.83. The van der Waals surface area contributed by atoms with Gasteiger partial charge >= 0.3 is 5.97 Å². The van der Waals surface area contributed by atoms with Gasteiger partial charge < -0.3 is 19.2 Å². The number of hydrogen-bond acceptors (Lipinski definition) is 5. The minimum Gasteiger partial charge on any atom is -0.462 e. The average molecular weight is 293 g/mol. The zero-order valence-electron chi connectivity index (χ0n) is 12.0. The van der Waals surface area contributed by atoms with Crippen molar-refractivity contribution < 1.29 is 23.5 Å². The maximum absolute atomic E-state index is 11.5. The van der Waals surface area contributed by atoms with Crippen molar-refractivity contribution in [1.29, 1.82) is 0 Å². The zero-order chi connectivity index (χ0) is 15.1. The van der Waals surface area contributed by atoms with Crippen molar-refractivity contribution >= 4 is 18.0 Å². The molecule has 2 heterocycles. The van der Waals surface area contributed by atoms with E-state index in [4.69, 9.17) is 13.9 Å². The molecule has 0 saturated carbocycles. The van der Waals surface area contributed by atoms with E-state index in [1.54, 1.807) is 12.1 Å². The van der Waals surface area contributed by atoms with Crippen LogP contribution in [0.2, 0.25) is 0 Å². The summed E-state index contributed by atoms with van der Waals surface area (Å²) in [6, 6.07) is 3.54. The summed E-state index contributed by atoms with van der Waals surface area (Å²) in [6.45, 7) is 2.71. The predicted molar refractivity (Wildman–Crippen MR) is 75.4 cm³/mol. The first kappa shape index (κ1) is 15.3. The van der Waals surface area contributed by atoms with Crippen LogP contribution in [0.1, 0.15) is 24.4 Å². The number of nitrogens with one attached hydrogen (secondary N) is 1. The Morgan fingerprint density at radius 2 is 2.33 bits per heavy atom. The topological polar surface area (TPSA) is 77.8 Å². The molecule has 0 aromatic carbocycles. The molecule has 1 aliphatic rings. The molecule has 0 radical (unpaired) electrons. The van der Waals surface area contributed by atoms with Crippen LogP contribution < -0.4 is 5.32 Å². The highest BCUT2D eigenvalue weighted by Crippen LogP contribution is 2.10. The van der Waals surface area contributed by atoms with E-state index >= 15 is 0 Å². The number of carbonyl (C=O) groups is 2. The maximum atomic E-state index is 11.5. The first-order valence-corrected chi connectivity index (χ1v) is 6.93. The van der Waals surface area contributed by atoms with E-state index in [0.717, 1.165) is 25.2 Å². The van der Waals surface area contributed by atoms with Gasteiger partial charge in [0.2, 0.25) is 0 Å². The zero-order valence-corrected chi connectivity index (χ0v) is 12.0. The molecule has 1 aromatic heterocycles. The second-order valence-corrected chi connectivity index (χ2v) is 4.83. The molecule has 1 saturated heterocycles. The molecule has 1 N–H and O–H groups in total. The third-order valence-electron chi connectivity index (χ3n) is 3.04. The molecule has 1 amide bonds. The Balaban J connectivity index is 1.63. The molecular formula is C15H19NO5. The summed E-state index contributed by atoms with van der Waals surface area (Å²) in [5, 5.41) is 2.67. The van der Waals surface area contributed by atoms with Crippen LogP contribution in [0.5, 0.6) is 0 Å². The number of esters is 1. The average Bonchev–Trinajstić information content (AvgIpc) is 3.12. The van der Waals surface area contributed by atoms with Crippen LogP contribution in [0.3, 0.4) is 0 Å².